The Morgan fingerprint density at radius 3 is 2.81 bits per heavy atom. The van der Waals surface area contributed by atoms with Gasteiger partial charge in [-0.2, -0.15) is 0 Å². The average molecular weight is 377 g/mol. The fourth-order valence-corrected chi connectivity index (χ4v) is 4.63. The van der Waals surface area contributed by atoms with Crippen molar-refractivity contribution >= 4 is 27.2 Å². The molecule has 4 aromatic rings. The van der Waals surface area contributed by atoms with E-state index in [2.05, 4.69) is 33.1 Å². The van der Waals surface area contributed by atoms with E-state index in [1.54, 1.807) is 12.1 Å². The standard InChI is InChI=1S/C21H16FN3OS/c22-15-7-5-13(6-8-15)16-12-27-21-19(16)20(26)23-18(24-21)11-25-10-9-14-3-1-2-4-17(14)25/h1-8,12H,9-11H2,(H,23,24,26). The van der Waals surface area contributed by atoms with Crippen LogP contribution in [0.2, 0.25) is 0 Å². The zero-order chi connectivity index (χ0) is 18.4. The summed E-state index contributed by atoms with van der Waals surface area (Å²) >= 11 is 1.44. The summed E-state index contributed by atoms with van der Waals surface area (Å²) in [6.45, 7) is 1.50. The smallest absolute Gasteiger partial charge is 0.260 e. The van der Waals surface area contributed by atoms with Crippen molar-refractivity contribution < 1.29 is 4.39 Å². The first-order valence-electron chi connectivity index (χ1n) is 8.78. The van der Waals surface area contributed by atoms with Crippen molar-refractivity contribution in [1.29, 1.82) is 0 Å². The molecule has 0 fully saturated rings. The SMILES string of the molecule is O=c1[nH]c(CN2CCc3ccccc32)nc2scc(-c3ccc(F)cc3)c12. The van der Waals surface area contributed by atoms with Crippen molar-refractivity contribution in [3.63, 3.8) is 0 Å². The van der Waals surface area contributed by atoms with Crippen LogP contribution in [0.5, 0.6) is 0 Å². The fraction of sp³-hybridized carbons (Fsp3) is 0.143. The van der Waals surface area contributed by atoms with Gasteiger partial charge >= 0.3 is 0 Å². The molecule has 0 saturated heterocycles. The first-order chi connectivity index (χ1) is 13.2. The van der Waals surface area contributed by atoms with E-state index >= 15 is 0 Å². The van der Waals surface area contributed by atoms with Crippen LogP contribution < -0.4 is 10.5 Å². The molecule has 2 aromatic carbocycles. The predicted octanol–water partition coefficient (Wildman–Crippen LogP) is 4.35. The van der Waals surface area contributed by atoms with Gasteiger partial charge in [-0.1, -0.05) is 30.3 Å². The van der Waals surface area contributed by atoms with Crippen LogP contribution in [0.4, 0.5) is 10.1 Å². The number of halogens is 1. The lowest BCUT2D eigenvalue weighted by Crippen LogP contribution is -2.23. The highest BCUT2D eigenvalue weighted by Crippen LogP contribution is 2.32. The minimum atomic E-state index is -0.293. The Bertz CT molecular complexity index is 1200. The molecule has 0 bridgehead atoms. The summed E-state index contributed by atoms with van der Waals surface area (Å²) in [5, 5.41) is 2.48. The predicted molar refractivity (Wildman–Crippen MR) is 107 cm³/mol. The van der Waals surface area contributed by atoms with Gasteiger partial charge in [-0.05, 0) is 35.7 Å². The number of nitrogens with one attached hydrogen (secondary N) is 1. The molecule has 4 nitrogen and oxygen atoms in total. The Kier molecular flexibility index (Phi) is 3.79. The number of nitrogens with zero attached hydrogens (tertiary/aromatic N) is 2. The molecule has 5 rings (SSSR count). The first kappa shape index (κ1) is 16.2. The second-order valence-corrected chi connectivity index (χ2v) is 7.51. The van der Waals surface area contributed by atoms with Crippen molar-refractivity contribution in [3.05, 3.63) is 81.5 Å². The van der Waals surface area contributed by atoms with Crippen LogP contribution in [0.3, 0.4) is 0 Å². The van der Waals surface area contributed by atoms with E-state index in [-0.39, 0.29) is 11.4 Å². The summed E-state index contributed by atoms with van der Waals surface area (Å²) in [4.78, 5) is 23.3. The van der Waals surface area contributed by atoms with Gasteiger partial charge in [0.2, 0.25) is 0 Å². The van der Waals surface area contributed by atoms with E-state index in [0.717, 1.165) is 24.1 Å². The maximum absolute atomic E-state index is 13.2. The van der Waals surface area contributed by atoms with Crippen molar-refractivity contribution in [3.8, 4) is 11.1 Å². The molecule has 0 spiro atoms. The fourth-order valence-electron chi connectivity index (χ4n) is 3.66. The van der Waals surface area contributed by atoms with E-state index in [4.69, 9.17) is 0 Å². The summed E-state index contributed by atoms with van der Waals surface area (Å²) in [5.41, 5.74) is 4.00. The molecule has 1 aliphatic rings. The lowest BCUT2D eigenvalue weighted by Gasteiger charge is -2.18. The highest BCUT2D eigenvalue weighted by atomic mass is 32.1. The highest BCUT2D eigenvalue weighted by molar-refractivity contribution is 7.17. The van der Waals surface area contributed by atoms with Crippen LogP contribution in [-0.4, -0.2) is 16.5 Å². The number of aromatic nitrogens is 2. The number of rotatable bonds is 3. The normalized spacial score (nSPS) is 13.3. The van der Waals surface area contributed by atoms with Crippen LogP contribution in [0.1, 0.15) is 11.4 Å². The van der Waals surface area contributed by atoms with E-state index in [1.165, 1.54) is 34.7 Å². The van der Waals surface area contributed by atoms with Gasteiger partial charge in [-0.15, -0.1) is 11.3 Å². The highest BCUT2D eigenvalue weighted by Gasteiger charge is 2.20. The molecule has 0 aliphatic carbocycles. The quantitative estimate of drug-likeness (QED) is 0.577. The maximum Gasteiger partial charge on any atom is 0.260 e. The Balaban J connectivity index is 1.52. The van der Waals surface area contributed by atoms with Gasteiger partial charge in [-0.3, -0.25) is 4.79 Å². The van der Waals surface area contributed by atoms with Gasteiger partial charge in [0, 0.05) is 23.2 Å². The van der Waals surface area contributed by atoms with Gasteiger partial charge in [0.1, 0.15) is 16.5 Å². The van der Waals surface area contributed by atoms with Crippen LogP contribution in [-0.2, 0) is 13.0 Å². The molecule has 0 atom stereocenters. The summed E-state index contributed by atoms with van der Waals surface area (Å²) < 4.78 is 13.2. The molecule has 0 saturated carbocycles. The second kappa shape index (κ2) is 6.32. The van der Waals surface area contributed by atoms with Gasteiger partial charge in [-0.25, -0.2) is 9.37 Å². The molecule has 0 radical (unpaired) electrons. The summed E-state index contributed by atoms with van der Waals surface area (Å²) in [5.74, 6) is 0.371. The number of benzene rings is 2. The Hall–Kier alpha value is -2.99. The molecule has 1 N–H and O–H groups in total. The minimum absolute atomic E-state index is 0.150. The minimum Gasteiger partial charge on any atom is -0.364 e. The zero-order valence-corrected chi connectivity index (χ0v) is 15.2. The molecule has 134 valence electrons. The second-order valence-electron chi connectivity index (χ2n) is 6.65. The average Bonchev–Trinajstić information content (AvgIpc) is 3.28. The number of H-pyrrole nitrogens is 1. The number of thiophene rings is 1. The maximum atomic E-state index is 13.2. The molecule has 27 heavy (non-hydrogen) atoms. The van der Waals surface area contributed by atoms with Crippen molar-refractivity contribution in [2.24, 2.45) is 0 Å². The zero-order valence-electron chi connectivity index (χ0n) is 14.4. The largest absolute Gasteiger partial charge is 0.364 e. The lowest BCUT2D eigenvalue weighted by molar-refractivity contribution is 0.628. The Labute approximate surface area is 158 Å². The van der Waals surface area contributed by atoms with E-state index < -0.39 is 0 Å². The molecule has 2 aromatic heterocycles. The van der Waals surface area contributed by atoms with Crippen LogP contribution in [0.25, 0.3) is 21.3 Å². The first-order valence-corrected chi connectivity index (χ1v) is 9.66. The summed E-state index contributed by atoms with van der Waals surface area (Å²) in [6.07, 6.45) is 1.01. The van der Waals surface area contributed by atoms with Gasteiger partial charge < -0.3 is 9.88 Å². The van der Waals surface area contributed by atoms with Crippen LogP contribution >= 0.6 is 11.3 Å². The molecular formula is C21H16FN3OS. The van der Waals surface area contributed by atoms with Crippen molar-refractivity contribution in [1.82, 2.24) is 9.97 Å². The van der Waals surface area contributed by atoms with Gasteiger partial charge in [0.15, 0.2) is 0 Å². The van der Waals surface area contributed by atoms with E-state index in [1.807, 2.05) is 11.4 Å². The number of para-hydroxylation sites is 1. The molecule has 3 heterocycles. The monoisotopic (exact) mass is 377 g/mol. The molecule has 0 amide bonds. The molecule has 0 unspecified atom stereocenters. The molecule has 6 heteroatoms. The number of aromatic amines is 1. The van der Waals surface area contributed by atoms with E-state index in [9.17, 15) is 9.18 Å². The van der Waals surface area contributed by atoms with Gasteiger partial charge in [0.05, 0.1) is 11.9 Å². The summed E-state index contributed by atoms with van der Waals surface area (Å²) in [6, 6.07) is 14.5. The number of hydrogen-bond acceptors (Lipinski definition) is 4. The van der Waals surface area contributed by atoms with E-state index in [0.29, 0.717) is 22.6 Å². The topological polar surface area (TPSA) is 49.0 Å². The Morgan fingerprint density at radius 1 is 1.15 bits per heavy atom. The number of fused-ring (bicyclic) bond motifs is 2. The third-order valence-corrected chi connectivity index (χ3v) is 5.84. The number of anilines is 1. The van der Waals surface area contributed by atoms with Crippen LogP contribution in [0, 0.1) is 5.82 Å². The number of hydrogen-bond donors (Lipinski definition) is 1. The summed E-state index contributed by atoms with van der Waals surface area (Å²) in [7, 11) is 0. The third-order valence-electron chi connectivity index (χ3n) is 4.97. The van der Waals surface area contributed by atoms with Crippen molar-refractivity contribution in [2.75, 3.05) is 11.4 Å². The third kappa shape index (κ3) is 2.82. The van der Waals surface area contributed by atoms with Crippen LogP contribution in [0.15, 0.2) is 58.7 Å². The van der Waals surface area contributed by atoms with Crippen molar-refractivity contribution in [2.45, 2.75) is 13.0 Å². The lowest BCUT2D eigenvalue weighted by atomic mass is 10.1. The van der Waals surface area contributed by atoms with Gasteiger partial charge in [0.25, 0.3) is 5.56 Å². The molecular weight excluding hydrogens is 361 g/mol. The molecule has 1 aliphatic heterocycles. The Morgan fingerprint density at radius 2 is 1.96 bits per heavy atom.